The number of nitrogens with two attached hydrogens (primary N) is 1. The molecule has 0 aliphatic rings. The van der Waals surface area contributed by atoms with Crippen LogP contribution in [-0.4, -0.2) is 34.2 Å². The van der Waals surface area contributed by atoms with Crippen molar-refractivity contribution in [2.24, 2.45) is 5.73 Å². The van der Waals surface area contributed by atoms with E-state index in [0.717, 1.165) is 12.8 Å². The van der Waals surface area contributed by atoms with Crippen LogP contribution in [0.5, 0.6) is 0 Å². The molecule has 0 heterocycles. The first kappa shape index (κ1) is 27.2. The average molecular weight is 341 g/mol. The maximum absolute atomic E-state index is 10.1. The molecule has 7 nitrogen and oxygen atoms in total. The van der Waals surface area contributed by atoms with Gasteiger partial charge in [0.2, 0.25) is 0 Å². The van der Waals surface area contributed by atoms with Crippen LogP contribution >= 0.6 is 0 Å². The Morgan fingerprint density at radius 3 is 1.74 bits per heavy atom. The SMILES string of the molecule is CCCCCCCCCC(=O)O.N[C@@H](CCC(=O)O)C(=O)[O-].[Na+]. The zero-order valence-electron chi connectivity index (χ0n) is 14.3. The molecule has 0 aliphatic heterocycles. The standard InChI is InChI=1S/C10H20O2.C5H9NO4.Na/c1-2-3-4-5-6-7-8-9-10(11)12;6-3(5(9)10)1-2-4(7)8;/h2-9H2,1H3,(H,11,12);3H,1-2,6H2,(H,7,8)(H,9,10);/q;;+1/p-1/t;3-;/m.0./s1. The van der Waals surface area contributed by atoms with Crippen molar-refractivity contribution in [1.82, 2.24) is 0 Å². The Balaban J connectivity index is -0.000000338. The van der Waals surface area contributed by atoms with Gasteiger partial charge in [0.25, 0.3) is 0 Å². The summed E-state index contributed by atoms with van der Waals surface area (Å²) < 4.78 is 0. The predicted molar refractivity (Wildman–Crippen MR) is 80.1 cm³/mol. The number of unbranched alkanes of at least 4 members (excludes halogenated alkanes) is 6. The number of rotatable bonds is 12. The van der Waals surface area contributed by atoms with Crippen LogP contribution in [0.1, 0.15) is 71.1 Å². The van der Waals surface area contributed by atoms with E-state index < -0.39 is 23.9 Å². The number of carboxylic acid groups (broad SMARTS) is 3. The van der Waals surface area contributed by atoms with Crippen molar-refractivity contribution in [2.45, 2.75) is 77.2 Å². The summed E-state index contributed by atoms with van der Waals surface area (Å²) in [7, 11) is 0. The van der Waals surface area contributed by atoms with Gasteiger partial charge in [-0.3, -0.25) is 9.59 Å². The summed E-state index contributed by atoms with van der Waals surface area (Å²) in [5, 5.41) is 26.3. The van der Waals surface area contributed by atoms with Gasteiger partial charge in [0.1, 0.15) is 0 Å². The molecule has 1 atom stereocenters. The molecule has 0 rings (SSSR count). The van der Waals surface area contributed by atoms with Crippen LogP contribution in [0.25, 0.3) is 0 Å². The Labute approximate surface area is 159 Å². The van der Waals surface area contributed by atoms with Crippen molar-refractivity contribution in [1.29, 1.82) is 0 Å². The molecule has 0 aromatic carbocycles. The van der Waals surface area contributed by atoms with Gasteiger partial charge in [-0.25, -0.2) is 0 Å². The third-order valence-electron chi connectivity index (χ3n) is 2.97. The summed E-state index contributed by atoms with van der Waals surface area (Å²) in [5.41, 5.74) is 4.94. The monoisotopic (exact) mass is 341 g/mol. The van der Waals surface area contributed by atoms with Crippen LogP contribution in [-0.2, 0) is 14.4 Å². The number of carboxylic acids is 3. The summed E-state index contributed by atoms with van der Waals surface area (Å²) in [6.45, 7) is 2.20. The minimum atomic E-state index is -1.42. The molecule has 0 spiro atoms. The van der Waals surface area contributed by atoms with E-state index in [0.29, 0.717) is 6.42 Å². The molecule has 0 aromatic rings. The molecule has 0 fully saturated rings. The molecule has 0 saturated carbocycles. The smallest absolute Gasteiger partial charge is 0.548 e. The van der Waals surface area contributed by atoms with Gasteiger partial charge in [-0.2, -0.15) is 0 Å². The third kappa shape index (κ3) is 26.6. The summed E-state index contributed by atoms with van der Waals surface area (Å²) in [6.07, 6.45) is 8.32. The first-order chi connectivity index (χ1) is 10.3. The molecule has 8 heteroatoms. The van der Waals surface area contributed by atoms with Crippen LogP contribution in [0.4, 0.5) is 0 Å². The molecule has 0 aliphatic carbocycles. The topological polar surface area (TPSA) is 141 Å². The molecular formula is C15H28NNaO6. The minimum Gasteiger partial charge on any atom is -0.548 e. The fourth-order valence-corrected chi connectivity index (χ4v) is 1.63. The number of aliphatic carboxylic acids is 3. The Hall–Kier alpha value is -0.630. The predicted octanol–water partition coefficient (Wildman–Crippen LogP) is -1.86. The molecule has 130 valence electrons. The van der Waals surface area contributed by atoms with Gasteiger partial charge in [-0.1, -0.05) is 45.4 Å². The molecule has 4 N–H and O–H groups in total. The van der Waals surface area contributed by atoms with E-state index in [1.54, 1.807) is 0 Å². The Morgan fingerprint density at radius 2 is 1.35 bits per heavy atom. The molecule has 0 aromatic heterocycles. The number of carbonyl (C=O) groups is 3. The van der Waals surface area contributed by atoms with Gasteiger partial charge in [-0.15, -0.1) is 0 Å². The summed E-state index contributed by atoms with van der Waals surface area (Å²) >= 11 is 0. The second kappa shape index (κ2) is 19.4. The molecule has 23 heavy (non-hydrogen) atoms. The van der Waals surface area contributed by atoms with Gasteiger partial charge in [0.05, 0.1) is 5.97 Å². The largest absolute Gasteiger partial charge is 1.00 e. The van der Waals surface area contributed by atoms with Gasteiger partial charge in [-0.05, 0) is 12.8 Å². The fraction of sp³-hybridized carbons (Fsp3) is 0.800. The van der Waals surface area contributed by atoms with E-state index in [-0.39, 0.29) is 42.4 Å². The normalized spacial score (nSPS) is 10.7. The summed E-state index contributed by atoms with van der Waals surface area (Å²) in [6, 6.07) is -1.17. The van der Waals surface area contributed by atoms with Crippen molar-refractivity contribution in [3.63, 3.8) is 0 Å². The molecule has 0 saturated heterocycles. The van der Waals surface area contributed by atoms with Crippen LogP contribution in [0.15, 0.2) is 0 Å². The molecule has 0 amide bonds. The molecular weight excluding hydrogens is 313 g/mol. The summed E-state index contributed by atoms with van der Waals surface area (Å²) in [5.74, 6) is -3.14. The van der Waals surface area contributed by atoms with Gasteiger partial charge >= 0.3 is 41.5 Å². The van der Waals surface area contributed by atoms with E-state index in [2.05, 4.69) is 6.92 Å². The van der Waals surface area contributed by atoms with E-state index in [1.807, 2.05) is 0 Å². The molecule has 0 bridgehead atoms. The molecule has 0 unspecified atom stereocenters. The van der Waals surface area contributed by atoms with Crippen LogP contribution in [0.3, 0.4) is 0 Å². The van der Waals surface area contributed by atoms with Crippen LogP contribution in [0, 0.1) is 0 Å². The van der Waals surface area contributed by atoms with Crippen molar-refractivity contribution in [3.8, 4) is 0 Å². The second-order valence-electron chi connectivity index (χ2n) is 5.12. The van der Waals surface area contributed by atoms with Gasteiger partial charge in [0, 0.05) is 18.9 Å². The van der Waals surface area contributed by atoms with Crippen molar-refractivity contribution in [2.75, 3.05) is 0 Å². The van der Waals surface area contributed by atoms with Gasteiger partial charge in [0.15, 0.2) is 0 Å². The minimum absolute atomic E-state index is 0. The Bertz CT molecular complexity index is 325. The van der Waals surface area contributed by atoms with Crippen molar-refractivity contribution >= 4 is 17.9 Å². The number of hydrogen-bond acceptors (Lipinski definition) is 5. The Morgan fingerprint density at radius 1 is 0.913 bits per heavy atom. The van der Waals surface area contributed by atoms with E-state index >= 15 is 0 Å². The van der Waals surface area contributed by atoms with Crippen LogP contribution < -0.4 is 40.4 Å². The zero-order valence-corrected chi connectivity index (χ0v) is 16.3. The third-order valence-corrected chi connectivity index (χ3v) is 2.97. The van der Waals surface area contributed by atoms with E-state index in [4.69, 9.17) is 15.9 Å². The maximum Gasteiger partial charge on any atom is 1.00 e. The first-order valence-electron chi connectivity index (χ1n) is 7.71. The zero-order chi connectivity index (χ0) is 17.4. The number of hydrogen-bond donors (Lipinski definition) is 3. The summed E-state index contributed by atoms with van der Waals surface area (Å²) in [4.78, 5) is 29.9. The van der Waals surface area contributed by atoms with E-state index in [1.165, 1.54) is 32.1 Å². The van der Waals surface area contributed by atoms with Crippen molar-refractivity contribution < 1.29 is 59.3 Å². The van der Waals surface area contributed by atoms with Gasteiger partial charge < -0.3 is 25.8 Å². The van der Waals surface area contributed by atoms with Crippen molar-refractivity contribution in [3.05, 3.63) is 0 Å². The quantitative estimate of drug-likeness (QED) is 0.279. The fourth-order valence-electron chi connectivity index (χ4n) is 1.63. The maximum atomic E-state index is 10.1. The number of carbonyl (C=O) groups excluding carboxylic acids is 1. The second-order valence-corrected chi connectivity index (χ2v) is 5.12. The average Bonchev–Trinajstić information content (AvgIpc) is 2.44. The van der Waals surface area contributed by atoms with E-state index in [9.17, 15) is 19.5 Å². The van der Waals surface area contributed by atoms with Crippen LogP contribution in [0.2, 0.25) is 0 Å². The first-order valence-corrected chi connectivity index (χ1v) is 7.71. The molecule has 0 radical (unpaired) electrons. The Kier molecular flexibility index (Phi) is 23.0.